The third-order valence-electron chi connectivity index (χ3n) is 3.77. The average molecular weight is 304 g/mol. The van der Waals surface area contributed by atoms with Gasteiger partial charge >= 0.3 is 5.76 Å². The molecule has 0 unspecified atom stereocenters. The van der Waals surface area contributed by atoms with E-state index >= 15 is 0 Å². The maximum Gasteiger partial charge on any atom is 0.420 e. The van der Waals surface area contributed by atoms with Crippen LogP contribution in [0.1, 0.15) is 46.0 Å². The monoisotopic (exact) mass is 304 g/mol. The molecule has 0 saturated heterocycles. The number of fused-ring (bicyclic) bond motifs is 1. The number of oxazole rings is 1. The van der Waals surface area contributed by atoms with Crippen LogP contribution in [-0.2, 0) is 11.3 Å². The zero-order valence-electron chi connectivity index (χ0n) is 13.3. The molecule has 120 valence electrons. The van der Waals surface area contributed by atoms with Gasteiger partial charge in [-0.15, -0.1) is 0 Å². The molecule has 2 rings (SSSR count). The van der Waals surface area contributed by atoms with Crippen molar-refractivity contribution in [3.63, 3.8) is 0 Å². The van der Waals surface area contributed by atoms with E-state index in [4.69, 9.17) is 4.42 Å². The summed E-state index contributed by atoms with van der Waals surface area (Å²) in [6.07, 6.45) is 5.72. The Morgan fingerprint density at radius 3 is 2.82 bits per heavy atom. The van der Waals surface area contributed by atoms with Crippen LogP contribution < -0.4 is 11.1 Å². The summed E-state index contributed by atoms with van der Waals surface area (Å²) >= 11 is 0. The van der Waals surface area contributed by atoms with Gasteiger partial charge in [0.05, 0.1) is 5.52 Å². The molecule has 0 bridgehead atoms. The first kappa shape index (κ1) is 16.3. The summed E-state index contributed by atoms with van der Waals surface area (Å²) in [4.78, 5) is 23.9. The Balaban J connectivity index is 1.91. The fourth-order valence-corrected chi connectivity index (χ4v) is 2.58. The molecule has 2 aromatic rings. The maximum atomic E-state index is 12.1. The Labute approximate surface area is 130 Å². The number of unbranched alkanes of at least 4 members (excludes halogenated alkanes) is 3. The normalized spacial score (nSPS) is 12.5. The van der Waals surface area contributed by atoms with Crippen LogP contribution in [0.2, 0.25) is 0 Å². The predicted octanol–water partition coefficient (Wildman–Crippen LogP) is 3.07. The number of carbonyl (C=O) groups excluding carboxylic acids is 1. The molecule has 0 saturated carbocycles. The van der Waals surface area contributed by atoms with Crippen molar-refractivity contribution in [2.75, 3.05) is 0 Å². The molecule has 0 spiro atoms. The first-order valence-corrected chi connectivity index (χ1v) is 7.99. The molecule has 5 nitrogen and oxygen atoms in total. The van der Waals surface area contributed by atoms with E-state index in [1.54, 1.807) is 18.2 Å². The van der Waals surface area contributed by atoms with Gasteiger partial charge in [0, 0.05) is 6.04 Å². The van der Waals surface area contributed by atoms with Crippen molar-refractivity contribution in [2.45, 2.75) is 58.5 Å². The molecule has 1 atom stereocenters. The Bertz CT molecular complexity index is 672. The van der Waals surface area contributed by atoms with Gasteiger partial charge in [0.2, 0.25) is 5.91 Å². The second kappa shape index (κ2) is 7.82. The molecule has 0 fully saturated rings. The van der Waals surface area contributed by atoms with Crippen molar-refractivity contribution >= 4 is 17.0 Å². The van der Waals surface area contributed by atoms with E-state index in [2.05, 4.69) is 12.2 Å². The standard InChI is InChI=1S/C17H24N2O3/c1-3-4-5-6-9-13(2)18-16(20)12-19-14-10-7-8-11-15(14)22-17(19)21/h7-8,10-11,13H,3-6,9,12H2,1-2H3,(H,18,20)/t13-/m1/s1. The minimum absolute atomic E-state index is 0.00481. The van der Waals surface area contributed by atoms with Gasteiger partial charge in [-0.1, -0.05) is 44.7 Å². The van der Waals surface area contributed by atoms with Crippen molar-refractivity contribution in [1.29, 1.82) is 0 Å². The summed E-state index contributed by atoms with van der Waals surface area (Å²) in [5, 5.41) is 2.95. The lowest BCUT2D eigenvalue weighted by molar-refractivity contribution is -0.122. The molecule has 1 aromatic carbocycles. The van der Waals surface area contributed by atoms with Crippen LogP contribution in [-0.4, -0.2) is 16.5 Å². The number of nitrogens with zero attached hydrogens (tertiary/aromatic N) is 1. The van der Waals surface area contributed by atoms with Crippen LogP contribution in [0.15, 0.2) is 33.5 Å². The van der Waals surface area contributed by atoms with Crippen LogP contribution in [0.3, 0.4) is 0 Å². The summed E-state index contributed by atoms with van der Waals surface area (Å²) in [7, 11) is 0. The van der Waals surface area contributed by atoms with Gasteiger partial charge in [0.15, 0.2) is 5.58 Å². The van der Waals surface area contributed by atoms with Crippen LogP contribution in [0.4, 0.5) is 0 Å². The highest BCUT2D eigenvalue weighted by atomic mass is 16.4. The molecule has 1 amide bonds. The van der Waals surface area contributed by atoms with Gasteiger partial charge in [-0.2, -0.15) is 0 Å². The van der Waals surface area contributed by atoms with E-state index in [0.29, 0.717) is 11.1 Å². The first-order chi connectivity index (χ1) is 10.6. The van der Waals surface area contributed by atoms with Gasteiger partial charge in [-0.25, -0.2) is 4.79 Å². The molecule has 0 aliphatic heterocycles. The second-order valence-corrected chi connectivity index (χ2v) is 5.74. The van der Waals surface area contributed by atoms with Gasteiger partial charge in [-0.05, 0) is 25.5 Å². The molecule has 0 aliphatic rings. The van der Waals surface area contributed by atoms with Crippen molar-refractivity contribution in [1.82, 2.24) is 9.88 Å². The van der Waals surface area contributed by atoms with Gasteiger partial charge in [0.1, 0.15) is 6.54 Å². The largest absolute Gasteiger partial charge is 0.420 e. The predicted molar refractivity (Wildman–Crippen MR) is 86.8 cm³/mol. The zero-order chi connectivity index (χ0) is 15.9. The number of amides is 1. The number of hydrogen-bond donors (Lipinski definition) is 1. The van der Waals surface area contributed by atoms with Gasteiger partial charge in [0.25, 0.3) is 0 Å². The average Bonchev–Trinajstić information content (AvgIpc) is 2.80. The summed E-state index contributed by atoms with van der Waals surface area (Å²) in [6.45, 7) is 4.17. The van der Waals surface area contributed by atoms with Crippen molar-refractivity contribution in [2.24, 2.45) is 0 Å². The molecule has 1 aromatic heterocycles. The lowest BCUT2D eigenvalue weighted by Crippen LogP contribution is -2.36. The van der Waals surface area contributed by atoms with Gasteiger partial charge in [-0.3, -0.25) is 9.36 Å². The molecular formula is C17H24N2O3. The topological polar surface area (TPSA) is 64.2 Å². The number of nitrogens with one attached hydrogen (secondary N) is 1. The van der Waals surface area contributed by atoms with E-state index < -0.39 is 5.76 Å². The summed E-state index contributed by atoms with van der Waals surface area (Å²) in [5.41, 5.74) is 1.16. The number of para-hydroxylation sites is 2. The second-order valence-electron chi connectivity index (χ2n) is 5.74. The van der Waals surface area contributed by atoms with Crippen LogP contribution >= 0.6 is 0 Å². The van der Waals surface area contributed by atoms with E-state index in [0.717, 1.165) is 12.8 Å². The molecule has 1 heterocycles. The van der Waals surface area contributed by atoms with E-state index in [9.17, 15) is 9.59 Å². The quantitative estimate of drug-likeness (QED) is 0.762. The fraction of sp³-hybridized carbons (Fsp3) is 0.529. The van der Waals surface area contributed by atoms with Gasteiger partial charge < -0.3 is 9.73 Å². The number of aromatic nitrogens is 1. The molecular weight excluding hydrogens is 280 g/mol. The smallest absolute Gasteiger partial charge is 0.408 e. The van der Waals surface area contributed by atoms with Crippen LogP contribution in [0, 0.1) is 0 Å². The Morgan fingerprint density at radius 2 is 2.05 bits per heavy atom. The highest BCUT2D eigenvalue weighted by Crippen LogP contribution is 2.11. The first-order valence-electron chi connectivity index (χ1n) is 7.99. The summed E-state index contributed by atoms with van der Waals surface area (Å²) < 4.78 is 6.49. The van der Waals surface area contributed by atoms with Crippen molar-refractivity contribution < 1.29 is 9.21 Å². The zero-order valence-corrected chi connectivity index (χ0v) is 13.3. The summed E-state index contributed by atoms with van der Waals surface area (Å²) in [5.74, 6) is -0.649. The van der Waals surface area contributed by atoms with Crippen LogP contribution in [0.25, 0.3) is 11.1 Å². The minimum atomic E-state index is -0.494. The lowest BCUT2D eigenvalue weighted by Gasteiger charge is -2.13. The third-order valence-corrected chi connectivity index (χ3v) is 3.77. The Kier molecular flexibility index (Phi) is 5.81. The molecule has 22 heavy (non-hydrogen) atoms. The molecule has 5 heteroatoms. The number of rotatable bonds is 8. The Morgan fingerprint density at radius 1 is 1.27 bits per heavy atom. The maximum absolute atomic E-state index is 12.1. The van der Waals surface area contributed by atoms with E-state index in [1.165, 1.54) is 23.8 Å². The lowest BCUT2D eigenvalue weighted by atomic mass is 10.1. The van der Waals surface area contributed by atoms with Crippen molar-refractivity contribution in [3.05, 3.63) is 34.8 Å². The number of hydrogen-bond acceptors (Lipinski definition) is 3. The SMILES string of the molecule is CCCCCC[C@@H](C)NC(=O)Cn1c(=O)oc2ccccc21. The molecule has 0 aliphatic carbocycles. The Hall–Kier alpha value is -2.04. The highest BCUT2D eigenvalue weighted by molar-refractivity contribution is 5.79. The highest BCUT2D eigenvalue weighted by Gasteiger charge is 2.13. The minimum Gasteiger partial charge on any atom is -0.408 e. The van der Waals surface area contributed by atoms with E-state index in [1.807, 2.05) is 13.0 Å². The number of carbonyl (C=O) groups is 1. The third kappa shape index (κ3) is 4.23. The van der Waals surface area contributed by atoms with Crippen molar-refractivity contribution in [3.8, 4) is 0 Å². The summed E-state index contributed by atoms with van der Waals surface area (Å²) in [6, 6.07) is 7.25. The number of benzene rings is 1. The van der Waals surface area contributed by atoms with Crippen LogP contribution in [0.5, 0.6) is 0 Å². The van der Waals surface area contributed by atoms with E-state index in [-0.39, 0.29) is 18.5 Å². The molecule has 1 N–H and O–H groups in total. The molecule has 0 radical (unpaired) electrons. The fourth-order valence-electron chi connectivity index (χ4n) is 2.58.